The zero-order chi connectivity index (χ0) is 20.4. The molecule has 0 fully saturated rings. The number of hydrogen-bond acceptors (Lipinski definition) is 4. The van der Waals surface area contributed by atoms with Gasteiger partial charge in [0, 0.05) is 17.7 Å². The molecule has 0 atom stereocenters. The summed E-state index contributed by atoms with van der Waals surface area (Å²) in [6, 6.07) is 20.5. The van der Waals surface area contributed by atoms with Crippen LogP contribution in [0.3, 0.4) is 0 Å². The highest BCUT2D eigenvalue weighted by Gasteiger charge is 2.29. The molecule has 29 heavy (non-hydrogen) atoms. The van der Waals surface area contributed by atoms with E-state index < -0.39 is 12.1 Å². The molecule has 6 nitrogen and oxygen atoms in total. The molecule has 0 saturated heterocycles. The molecule has 1 aliphatic carbocycles. The lowest BCUT2D eigenvalue weighted by Crippen LogP contribution is -2.18. The van der Waals surface area contributed by atoms with Gasteiger partial charge < -0.3 is 14.6 Å². The first kappa shape index (κ1) is 18.6. The number of carboxylic acid groups (broad SMARTS) is 1. The van der Waals surface area contributed by atoms with Crippen LogP contribution >= 0.6 is 0 Å². The van der Waals surface area contributed by atoms with Gasteiger partial charge in [-0.15, -0.1) is 0 Å². The fourth-order valence-corrected chi connectivity index (χ4v) is 3.70. The maximum Gasteiger partial charge on any atom is 0.411 e. The van der Waals surface area contributed by atoms with Crippen LogP contribution in [0.2, 0.25) is 0 Å². The van der Waals surface area contributed by atoms with Gasteiger partial charge in [0.05, 0.1) is 7.11 Å². The molecule has 0 unspecified atom stereocenters. The number of amides is 1. The molecule has 6 heteroatoms. The quantitative estimate of drug-likeness (QED) is 0.658. The van der Waals surface area contributed by atoms with Gasteiger partial charge in [-0.1, -0.05) is 48.5 Å². The predicted molar refractivity (Wildman–Crippen MR) is 109 cm³/mol. The summed E-state index contributed by atoms with van der Waals surface area (Å²) in [5, 5.41) is 11.8. The van der Waals surface area contributed by atoms with E-state index in [4.69, 9.17) is 14.6 Å². The first-order chi connectivity index (χ1) is 14.1. The minimum atomic E-state index is -1.10. The van der Waals surface area contributed by atoms with Crippen molar-refractivity contribution in [2.45, 2.75) is 5.92 Å². The van der Waals surface area contributed by atoms with Gasteiger partial charge in [0.15, 0.2) is 0 Å². The Bertz CT molecular complexity index is 1050. The molecule has 0 radical (unpaired) electrons. The second-order valence-electron chi connectivity index (χ2n) is 6.67. The van der Waals surface area contributed by atoms with Crippen molar-refractivity contribution in [2.75, 3.05) is 19.0 Å². The topological polar surface area (TPSA) is 84.9 Å². The van der Waals surface area contributed by atoms with Crippen LogP contribution in [0.5, 0.6) is 5.75 Å². The van der Waals surface area contributed by atoms with Gasteiger partial charge in [-0.25, -0.2) is 9.59 Å². The van der Waals surface area contributed by atoms with E-state index in [1.54, 1.807) is 0 Å². The molecule has 0 aromatic heterocycles. The van der Waals surface area contributed by atoms with Crippen molar-refractivity contribution >= 4 is 17.7 Å². The summed E-state index contributed by atoms with van der Waals surface area (Å²) in [4.78, 5) is 23.5. The van der Waals surface area contributed by atoms with Gasteiger partial charge in [0.2, 0.25) is 0 Å². The van der Waals surface area contributed by atoms with Crippen LogP contribution < -0.4 is 10.1 Å². The molecule has 0 aliphatic heterocycles. The van der Waals surface area contributed by atoms with Crippen molar-refractivity contribution in [3.63, 3.8) is 0 Å². The van der Waals surface area contributed by atoms with E-state index in [1.807, 2.05) is 24.3 Å². The van der Waals surface area contributed by atoms with Gasteiger partial charge in [0.1, 0.15) is 17.9 Å². The number of ether oxygens (including phenoxy) is 2. The van der Waals surface area contributed by atoms with Crippen LogP contribution in [0.4, 0.5) is 10.5 Å². The standard InChI is InChI=1S/C23H19NO5/c1-28-21-12-14(10-11-19(21)22(25)26)24-23(27)29-13-20-17-8-4-2-6-15(17)16-7-3-5-9-18(16)20/h2-12,20H,13H2,1H3,(H,24,27)(H,25,26). The summed E-state index contributed by atoms with van der Waals surface area (Å²) >= 11 is 0. The Labute approximate surface area is 167 Å². The van der Waals surface area contributed by atoms with E-state index in [0.29, 0.717) is 5.69 Å². The molecule has 146 valence electrons. The summed E-state index contributed by atoms with van der Waals surface area (Å²) in [7, 11) is 1.37. The molecule has 4 rings (SSSR count). The Kier molecular flexibility index (Phi) is 4.91. The average Bonchev–Trinajstić information content (AvgIpc) is 3.06. The number of carbonyl (C=O) groups is 2. The van der Waals surface area contributed by atoms with Crippen molar-refractivity contribution in [3.8, 4) is 16.9 Å². The number of carboxylic acids is 1. The predicted octanol–water partition coefficient (Wildman–Crippen LogP) is 4.75. The Morgan fingerprint density at radius 2 is 1.59 bits per heavy atom. The van der Waals surface area contributed by atoms with Crippen LogP contribution in [0.1, 0.15) is 27.4 Å². The zero-order valence-corrected chi connectivity index (χ0v) is 15.7. The van der Waals surface area contributed by atoms with Crippen molar-refractivity contribution in [3.05, 3.63) is 83.4 Å². The zero-order valence-electron chi connectivity index (χ0n) is 15.7. The highest BCUT2D eigenvalue weighted by atomic mass is 16.5. The summed E-state index contributed by atoms with van der Waals surface area (Å²) in [6.07, 6.45) is -0.614. The van der Waals surface area contributed by atoms with Crippen LogP contribution in [-0.4, -0.2) is 30.9 Å². The number of aromatic carboxylic acids is 1. The van der Waals surface area contributed by atoms with E-state index in [0.717, 1.165) is 22.3 Å². The summed E-state index contributed by atoms with van der Waals surface area (Å²) < 4.78 is 10.6. The number of rotatable bonds is 5. The van der Waals surface area contributed by atoms with E-state index in [9.17, 15) is 9.59 Å². The first-order valence-electron chi connectivity index (χ1n) is 9.12. The molecule has 0 spiro atoms. The monoisotopic (exact) mass is 389 g/mol. The number of methoxy groups -OCH3 is 1. The van der Waals surface area contributed by atoms with Gasteiger partial charge in [0.25, 0.3) is 0 Å². The number of fused-ring (bicyclic) bond motifs is 3. The van der Waals surface area contributed by atoms with Crippen LogP contribution in [0.25, 0.3) is 11.1 Å². The first-order valence-corrected chi connectivity index (χ1v) is 9.12. The highest BCUT2D eigenvalue weighted by Crippen LogP contribution is 2.44. The van der Waals surface area contributed by atoms with E-state index in [-0.39, 0.29) is 23.8 Å². The minimum absolute atomic E-state index is 0.0191. The molecular weight excluding hydrogens is 370 g/mol. The molecule has 0 saturated carbocycles. The lowest BCUT2D eigenvalue weighted by molar-refractivity contribution is 0.0693. The lowest BCUT2D eigenvalue weighted by Gasteiger charge is -2.15. The normalized spacial score (nSPS) is 12.0. The third kappa shape index (κ3) is 3.52. The number of anilines is 1. The maximum absolute atomic E-state index is 12.3. The van der Waals surface area contributed by atoms with Crippen LogP contribution in [0, 0.1) is 0 Å². The molecular formula is C23H19NO5. The fraction of sp³-hybridized carbons (Fsp3) is 0.130. The van der Waals surface area contributed by atoms with E-state index >= 15 is 0 Å². The number of carbonyl (C=O) groups excluding carboxylic acids is 1. The second kappa shape index (κ2) is 7.67. The molecule has 3 aromatic carbocycles. The molecule has 3 aromatic rings. The number of hydrogen-bond donors (Lipinski definition) is 2. The van der Waals surface area contributed by atoms with Gasteiger partial charge >= 0.3 is 12.1 Å². The summed E-state index contributed by atoms with van der Waals surface area (Å²) in [5.41, 5.74) is 5.00. The Morgan fingerprint density at radius 1 is 0.966 bits per heavy atom. The Morgan fingerprint density at radius 3 is 2.17 bits per heavy atom. The third-order valence-electron chi connectivity index (χ3n) is 5.02. The molecule has 2 N–H and O–H groups in total. The van der Waals surface area contributed by atoms with Gasteiger partial charge in [-0.3, -0.25) is 5.32 Å². The van der Waals surface area contributed by atoms with Crippen molar-refractivity contribution in [2.24, 2.45) is 0 Å². The van der Waals surface area contributed by atoms with Crippen LogP contribution in [-0.2, 0) is 4.74 Å². The molecule has 0 bridgehead atoms. The maximum atomic E-state index is 12.3. The summed E-state index contributed by atoms with van der Waals surface area (Å²) in [5.74, 6) is -0.972. The van der Waals surface area contributed by atoms with E-state index in [1.165, 1.54) is 25.3 Å². The fourth-order valence-electron chi connectivity index (χ4n) is 3.70. The molecule has 1 amide bonds. The van der Waals surface area contributed by atoms with Gasteiger partial charge in [-0.2, -0.15) is 0 Å². The number of benzene rings is 3. The minimum Gasteiger partial charge on any atom is -0.496 e. The summed E-state index contributed by atoms with van der Waals surface area (Å²) in [6.45, 7) is 0.199. The Hall–Kier alpha value is -3.80. The smallest absolute Gasteiger partial charge is 0.411 e. The Balaban J connectivity index is 1.47. The van der Waals surface area contributed by atoms with Crippen LogP contribution in [0.15, 0.2) is 66.7 Å². The van der Waals surface area contributed by atoms with Crippen molar-refractivity contribution in [1.82, 2.24) is 0 Å². The number of nitrogens with one attached hydrogen (secondary N) is 1. The van der Waals surface area contributed by atoms with Crippen molar-refractivity contribution < 1.29 is 24.2 Å². The largest absolute Gasteiger partial charge is 0.496 e. The highest BCUT2D eigenvalue weighted by molar-refractivity contribution is 5.93. The van der Waals surface area contributed by atoms with Gasteiger partial charge in [-0.05, 0) is 34.4 Å². The lowest BCUT2D eigenvalue weighted by atomic mass is 9.98. The van der Waals surface area contributed by atoms with E-state index in [2.05, 4.69) is 29.6 Å². The third-order valence-corrected chi connectivity index (χ3v) is 5.02. The second-order valence-corrected chi connectivity index (χ2v) is 6.67. The SMILES string of the molecule is COc1cc(NC(=O)OCC2c3ccccc3-c3ccccc32)ccc1C(=O)O. The average molecular weight is 389 g/mol. The molecule has 0 heterocycles. The molecule has 1 aliphatic rings. The van der Waals surface area contributed by atoms with Crippen molar-refractivity contribution in [1.29, 1.82) is 0 Å².